The first-order valence-electron chi connectivity index (χ1n) is 6.93. The summed E-state index contributed by atoms with van der Waals surface area (Å²) in [6.45, 7) is -0.343. The van der Waals surface area contributed by atoms with Gasteiger partial charge in [0.25, 0.3) is 0 Å². The number of carbonyl (C=O) groups is 2. The van der Waals surface area contributed by atoms with Crippen molar-refractivity contribution < 1.29 is 32.6 Å². The van der Waals surface area contributed by atoms with Crippen LogP contribution in [0.1, 0.15) is 11.3 Å². The van der Waals surface area contributed by atoms with E-state index in [9.17, 15) is 22.8 Å². The van der Waals surface area contributed by atoms with Gasteiger partial charge in [-0.05, 0) is 17.7 Å². The van der Waals surface area contributed by atoms with Crippen molar-refractivity contribution >= 4 is 11.9 Å². The third-order valence-corrected chi connectivity index (χ3v) is 2.85. The van der Waals surface area contributed by atoms with E-state index in [2.05, 4.69) is 20.4 Å². The van der Waals surface area contributed by atoms with Crippen molar-refractivity contribution in [1.29, 1.82) is 0 Å². The van der Waals surface area contributed by atoms with Gasteiger partial charge in [-0.1, -0.05) is 17.3 Å². The number of nitrogens with zero attached hydrogens (tertiary/aromatic N) is 3. The lowest BCUT2D eigenvalue weighted by Gasteiger charge is -2.10. The van der Waals surface area contributed by atoms with E-state index in [0.29, 0.717) is 11.3 Å². The number of aliphatic carboxylic acids is 1. The summed E-state index contributed by atoms with van der Waals surface area (Å²) >= 11 is 0. The van der Waals surface area contributed by atoms with Crippen LogP contribution in [0.3, 0.4) is 0 Å². The Bertz CT molecular complexity index is 761. The molecule has 1 aromatic carbocycles. The lowest BCUT2D eigenvalue weighted by atomic mass is 10.1. The number of carboxylic acid groups (broad SMARTS) is 1. The highest BCUT2D eigenvalue weighted by Gasteiger charge is 2.31. The molecule has 0 spiro atoms. The largest absolute Gasteiger partial charge is 0.573 e. The maximum Gasteiger partial charge on any atom is 0.573 e. The fraction of sp³-hybridized carbons (Fsp3) is 0.286. The van der Waals surface area contributed by atoms with E-state index in [-0.39, 0.29) is 19.5 Å². The zero-order valence-electron chi connectivity index (χ0n) is 12.7. The van der Waals surface area contributed by atoms with Gasteiger partial charge in [0.15, 0.2) is 0 Å². The molecule has 2 N–H and O–H groups in total. The van der Waals surface area contributed by atoms with Crippen molar-refractivity contribution in [2.75, 3.05) is 0 Å². The number of nitrogens with one attached hydrogen (secondary N) is 1. The average Bonchev–Trinajstić information content (AvgIpc) is 2.90. The molecule has 0 unspecified atom stereocenters. The van der Waals surface area contributed by atoms with Gasteiger partial charge in [-0.3, -0.25) is 9.59 Å². The molecule has 0 aliphatic rings. The van der Waals surface area contributed by atoms with Crippen LogP contribution >= 0.6 is 0 Å². The van der Waals surface area contributed by atoms with Crippen LogP contribution in [-0.2, 0) is 29.1 Å². The Hall–Kier alpha value is -3.11. The first-order chi connectivity index (χ1) is 11.7. The zero-order valence-corrected chi connectivity index (χ0v) is 12.7. The highest BCUT2D eigenvalue weighted by molar-refractivity contribution is 5.78. The van der Waals surface area contributed by atoms with E-state index < -0.39 is 24.0 Å². The number of rotatable bonds is 7. The van der Waals surface area contributed by atoms with Gasteiger partial charge < -0.3 is 15.2 Å². The number of halogens is 3. The normalized spacial score (nSPS) is 11.2. The maximum atomic E-state index is 12.2. The van der Waals surface area contributed by atoms with E-state index in [4.69, 9.17) is 5.11 Å². The van der Waals surface area contributed by atoms with Crippen LogP contribution in [0.15, 0.2) is 30.5 Å². The van der Waals surface area contributed by atoms with Gasteiger partial charge in [0.1, 0.15) is 18.0 Å². The van der Waals surface area contributed by atoms with E-state index in [1.807, 2.05) is 0 Å². The van der Waals surface area contributed by atoms with Crippen molar-refractivity contribution in [3.63, 3.8) is 0 Å². The standard InChI is InChI=1S/C14H13F3N4O4/c15-14(16,17)25-11-3-1-2-9(4-11)5-12(22)18-6-10-7-21(20-19-10)8-13(23)24/h1-4,7H,5-6,8H2,(H,18,22)(H,23,24). The number of hydrogen-bond donors (Lipinski definition) is 2. The Balaban J connectivity index is 1.87. The molecule has 2 aromatic rings. The van der Waals surface area contributed by atoms with Gasteiger partial charge >= 0.3 is 12.3 Å². The molecule has 1 heterocycles. The summed E-state index contributed by atoms with van der Waals surface area (Å²) in [5.41, 5.74) is 0.692. The molecule has 11 heteroatoms. The number of ether oxygens (including phenoxy) is 1. The molecule has 1 amide bonds. The molecular formula is C14H13F3N4O4. The molecule has 1 aromatic heterocycles. The molecule has 0 bridgehead atoms. The summed E-state index contributed by atoms with van der Waals surface area (Å²) in [7, 11) is 0. The lowest BCUT2D eigenvalue weighted by molar-refractivity contribution is -0.274. The number of aromatic nitrogens is 3. The second-order valence-corrected chi connectivity index (χ2v) is 4.95. The van der Waals surface area contributed by atoms with Gasteiger partial charge in [-0.2, -0.15) is 0 Å². The second kappa shape index (κ2) is 7.64. The van der Waals surface area contributed by atoms with E-state index in [0.717, 1.165) is 16.8 Å². The van der Waals surface area contributed by atoms with E-state index in [1.165, 1.54) is 18.3 Å². The highest BCUT2D eigenvalue weighted by Crippen LogP contribution is 2.23. The minimum Gasteiger partial charge on any atom is -0.480 e. The van der Waals surface area contributed by atoms with Crippen molar-refractivity contribution in [2.24, 2.45) is 0 Å². The van der Waals surface area contributed by atoms with E-state index >= 15 is 0 Å². The monoisotopic (exact) mass is 358 g/mol. The smallest absolute Gasteiger partial charge is 0.480 e. The lowest BCUT2D eigenvalue weighted by Crippen LogP contribution is -2.24. The predicted octanol–water partition coefficient (Wildman–Crippen LogP) is 1.12. The summed E-state index contributed by atoms with van der Waals surface area (Å²) in [6.07, 6.45) is -3.59. The van der Waals surface area contributed by atoms with Crippen molar-refractivity contribution in [3.05, 3.63) is 41.7 Å². The van der Waals surface area contributed by atoms with E-state index in [1.54, 1.807) is 0 Å². The zero-order chi connectivity index (χ0) is 18.4. The number of benzene rings is 1. The van der Waals surface area contributed by atoms with Crippen molar-refractivity contribution in [3.8, 4) is 5.75 Å². The number of carbonyl (C=O) groups excluding carboxylic acids is 1. The Morgan fingerprint density at radius 3 is 2.76 bits per heavy atom. The first-order valence-corrected chi connectivity index (χ1v) is 6.93. The SMILES string of the molecule is O=C(O)Cn1cc(CNC(=O)Cc2cccc(OC(F)(F)F)c2)nn1. The summed E-state index contributed by atoms with van der Waals surface area (Å²) < 4.78 is 41.4. The number of alkyl halides is 3. The Labute approximate surface area is 139 Å². The fourth-order valence-electron chi connectivity index (χ4n) is 1.93. The molecular weight excluding hydrogens is 345 g/mol. The topological polar surface area (TPSA) is 106 Å². The fourth-order valence-corrected chi connectivity index (χ4v) is 1.93. The molecule has 0 aliphatic carbocycles. The predicted molar refractivity (Wildman–Crippen MR) is 76.3 cm³/mol. The minimum absolute atomic E-state index is 0.0111. The number of amides is 1. The van der Waals surface area contributed by atoms with Gasteiger partial charge in [-0.25, -0.2) is 4.68 Å². The van der Waals surface area contributed by atoms with Gasteiger partial charge in [0, 0.05) is 0 Å². The van der Waals surface area contributed by atoms with Gasteiger partial charge in [0.05, 0.1) is 19.2 Å². The Morgan fingerprint density at radius 2 is 2.08 bits per heavy atom. The molecule has 0 saturated carbocycles. The van der Waals surface area contributed by atoms with Gasteiger partial charge in [-0.15, -0.1) is 18.3 Å². The van der Waals surface area contributed by atoms with Crippen LogP contribution in [0.25, 0.3) is 0 Å². The second-order valence-electron chi connectivity index (χ2n) is 4.95. The summed E-state index contributed by atoms with van der Waals surface area (Å²) in [5, 5.41) is 18.4. The third-order valence-electron chi connectivity index (χ3n) is 2.85. The molecule has 25 heavy (non-hydrogen) atoms. The minimum atomic E-state index is -4.80. The van der Waals surface area contributed by atoms with Crippen LogP contribution in [0, 0.1) is 0 Å². The third kappa shape index (κ3) is 6.49. The summed E-state index contributed by atoms with van der Waals surface area (Å²) in [4.78, 5) is 22.4. The van der Waals surface area contributed by atoms with Crippen molar-refractivity contribution in [1.82, 2.24) is 20.3 Å². The van der Waals surface area contributed by atoms with Gasteiger partial charge in [0.2, 0.25) is 5.91 Å². The average molecular weight is 358 g/mol. The molecule has 8 nitrogen and oxygen atoms in total. The Kier molecular flexibility index (Phi) is 5.57. The highest BCUT2D eigenvalue weighted by atomic mass is 19.4. The number of hydrogen-bond acceptors (Lipinski definition) is 5. The molecule has 0 fully saturated rings. The quantitative estimate of drug-likeness (QED) is 0.768. The Morgan fingerprint density at radius 1 is 1.32 bits per heavy atom. The van der Waals surface area contributed by atoms with Crippen molar-refractivity contribution in [2.45, 2.75) is 25.9 Å². The first kappa shape index (κ1) is 18.2. The molecule has 2 rings (SSSR count). The van der Waals surface area contributed by atoms with Crippen LogP contribution in [0.4, 0.5) is 13.2 Å². The molecule has 134 valence electrons. The molecule has 0 radical (unpaired) electrons. The van der Waals surface area contributed by atoms with Crippen LogP contribution < -0.4 is 10.1 Å². The number of carboxylic acids is 1. The molecule has 0 atom stereocenters. The molecule has 0 saturated heterocycles. The summed E-state index contributed by atoms with van der Waals surface area (Å²) in [6, 6.07) is 5.10. The van der Waals surface area contributed by atoms with Crippen LogP contribution in [0.5, 0.6) is 5.75 Å². The van der Waals surface area contributed by atoms with Crippen LogP contribution in [0.2, 0.25) is 0 Å². The molecule has 0 aliphatic heterocycles. The van der Waals surface area contributed by atoms with Crippen LogP contribution in [-0.4, -0.2) is 38.3 Å². The maximum absolute atomic E-state index is 12.2. The summed E-state index contributed by atoms with van der Waals surface area (Å²) in [5.74, 6) is -1.94.